The lowest BCUT2D eigenvalue weighted by Crippen LogP contribution is -2.39. The van der Waals surface area contributed by atoms with Crippen molar-refractivity contribution in [2.75, 3.05) is 6.61 Å². The zero-order valence-electron chi connectivity index (χ0n) is 7.17. The van der Waals surface area contributed by atoms with Crippen LogP contribution in [0.15, 0.2) is 0 Å². The molecule has 1 aliphatic rings. The molecule has 1 aliphatic heterocycles. The summed E-state index contributed by atoms with van der Waals surface area (Å²) in [5.74, 6) is 2.35. The Kier molecular flexibility index (Phi) is 3.12. The molecule has 3 nitrogen and oxygen atoms in total. The van der Waals surface area contributed by atoms with Crippen molar-refractivity contribution in [1.82, 2.24) is 5.32 Å². The maximum atomic E-state index is 11.3. The van der Waals surface area contributed by atoms with Crippen molar-refractivity contribution >= 4 is 5.91 Å². The van der Waals surface area contributed by atoms with Gasteiger partial charge >= 0.3 is 0 Å². The molecule has 2 atom stereocenters. The lowest BCUT2D eigenvalue weighted by Gasteiger charge is -2.11. The second-order valence-corrected chi connectivity index (χ2v) is 2.90. The summed E-state index contributed by atoms with van der Waals surface area (Å²) in [6.07, 6.45) is 6.61. The molecular weight excluding hydrogens is 154 g/mol. The van der Waals surface area contributed by atoms with E-state index in [1.165, 1.54) is 0 Å². The summed E-state index contributed by atoms with van der Waals surface area (Å²) in [6, 6.07) is -0.207. The van der Waals surface area contributed by atoms with E-state index < -0.39 is 0 Å². The molecule has 1 N–H and O–H groups in total. The van der Waals surface area contributed by atoms with Crippen molar-refractivity contribution in [3.63, 3.8) is 0 Å². The van der Waals surface area contributed by atoms with Gasteiger partial charge < -0.3 is 10.1 Å². The van der Waals surface area contributed by atoms with Crippen LogP contribution < -0.4 is 5.32 Å². The predicted molar refractivity (Wildman–Crippen MR) is 45.4 cm³/mol. The van der Waals surface area contributed by atoms with Crippen LogP contribution in [0, 0.1) is 12.3 Å². The van der Waals surface area contributed by atoms with Crippen LogP contribution in [0.2, 0.25) is 0 Å². The highest BCUT2D eigenvalue weighted by Gasteiger charge is 2.23. The lowest BCUT2D eigenvalue weighted by atomic mass is 10.2. The fourth-order valence-corrected chi connectivity index (χ4v) is 1.13. The van der Waals surface area contributed by atoms with Gasteiger partial charge in [0.05, 0.1) is 6.04 Å². The maximum absolute atomic E-state index is 11.3. The normalized spacial score (nSPS) is 24.5. The fourth-order valence-electron chi connectivity index (χ4n) is 1.13. The molecule has 1 rings (SSSR count). The third-order valence-corrected chi connectivity index (χ3v) is 1.83. The van der Waals surface area contributed by atoms with Gasteiger partial charge in [0.1, 0.15) is 6.10 Å². The zero-order chi connectivity index (χ0) is 8.97. The summed E-state index contributed by atoms with van der Waals surface area (Å²) in [5, 5.41) is 2.67. The van der Waals surface area contributed by atoms with Gasteiger partial charge in [-0.15, -0.1) is 6.42 Å². The van der Waals surface area contributed by atoms with E-state index in [2.05, 4.69) is 11.2 Å². The van der Waals surface area contributed by atoms with Crippen LogP contribution >= 0.6 is 0 Å². The number of amides is 1. The van der Waals surface area contributed by atoms with Crippen LogP contribution in [0.4, 0.5) is 0 Å². The number of carbonyl (C=O) groups excluding carboxylic acids is 1. The number of hydrogen-bond acceptors (Lipinski definition) is 2. The monoisotopic (exact) mass is 167 g/mol. The SMILES string of the molecule is C#CC(C)NC(=O)[C@@H]1CCCO1. The molecule has 1 heterocycles. The Balaban J connectivity index is 2.33. The molecule has 0 bridgehead atoms. The minimum Gasteiger partial charge on any atom is -0.368 e. The zero-order valence-corrected chi connectivity index (χ0v) is 7.17. The third kappa shape index (κ3) is 2.24. The second kappa shape index (κ2) is 4.13. The molecule has 0 aromatic rings. The number of carbonyl (C=O) groups is 1. The van der Waals surface area contributed by atoms with Crippen LogP contribution in [0.5, 0.6) is 0 Å². The van der Waals surface area contributed by atoms with E-state index in [1.807, 2.05) is 0 Å². The van der Waals surface area contributed by atoms with E-state index in [1.54, 1.807) is 6.92 Å². The highest BCUT2D eigenvalue weighted by Crippen LogP contribution is 2.11. The molecule has 1 amide bonds. The molecule has 1 saturated heterocycles. The average Bonchev–Trinajstić information content (AvgIpc) is 2.56. The molecular formula is C9H13NO2. The van der Waals surface area contributed by atoms with Gasteiger partial charge in [0, 0.05) is 6.61 Å². The third-order valence-electron chi connectivity index (χ3n) is 1.83. The first-order valence-corrected chi connectivity index (χ1v) is 4.12. The van der Waals surface area contributed by atoms with Gasteiger partial charge in [-0.05, 0) is 19.8 Å². The van der Waals surface area contributed by atoms with E-state index in [-0.39, 0.29) is 18.1 Å². The Morgan fingerprint density at radius 1 is 1.83 bits per heavy atom. The number of hydrogen-bond donors (Lipinski definition) is 1. The summed E-state index contributed by atoms with van der Waals surface area (Å²) >= 11 is 0. The summed E-state index contributed by atoms with van der Waals surface area (Å²) < 4.78 is 5.18. The highest BCUT2D eigenvalue weighted by molar-refractivity contribution is 5.81. The first-order chi connectivity index (χ1) is 5.74. The topological polar surface area (TPSA) is 38.3 Å². The van der Waals surface area contributed by atoms with Crippen molar-refractivity contribution in [3.8, 4) is 12.3 Å². The summed E-state index contributed by atoms with van der Waals surface area (Å²) in [4.78, 5) is 11.3. The van der Waals surface area contributed by atoms with E-state index in [0.717, 1.165) is 12.8 Å². The number of rotatable bonds is 2. The van der Waals surface area contributed by atoms with Gasteiger partial charge in [-0.2, -0.15) is 0 Å². The molecule has 1 fully saturated rings. The average molecular weight is 167 g/mol. The summed E-state index contributed by atoms with van der Waals surface area (Å²) in [6.45, 7) is 2.45. The Bertz CT molecular complexity index is 201. The van der Waals surface area contributed by atoms with Gasteiger partial charge in [-0.1, -0.05) is 5.92 Å². The van der Waals surface area contributed by atoms with E-state index >= 15 is 0 Å². The van der Waals surface area contributed by atoms with Crippen molar-refractivity contribution in [2.45, 2.75) is 31.9 Å². The van der Waals surface area contributed by atoms with E-state index in [0.29, 0.717) is 6.61 Å². The first kappa shape index (κ1) is 9.08. The smallest absolute Gasteiger partial charge is 0.250 e. The van der Waals surface area contributed by atoms with Crippen LogP contribution in [-0.4, -0.2) is 24.7 Å². The molecule has 0 saturated carbocycles. The van der Waals surface area contributed by atoms with Crippen LogP contribution in [0.3, 0.4) is 0 Å². The minimum atomic E-state index is -0.277. The Labute approximate surface area is 72.5 Å². The molecule has 12 heavy (non-hydrogen) atoms. The Morgan fingerprint density at radius 3 is 3.08 bits per heavy atom. The largest absolute Gasteiger partial charge is 0.368 e. The van der Waals surface area contributed by atoms with Crippen molar-refractivity contribution in [3.05, 3.63) is 0 Å². The lowest BCUT2D eigenvalue weighted by molar-refractivity contribution is -0.130. The van der Waals surface area contributed by atoms with Crippen LogP contribution in [0.25, 0.3) is 0 Å². The molecule has 0 spiro atoms. The van der Waals surface area contributed by atoms with Gasteiger partial charge in [0.15, 0.2) is 0 Å². The minimum absolute atomic E-state index is 0.0852. The molecule has 0 aliphatic carbocycles. The Hall–Kier alpha value is -1.01. The highest BCUT2D eigenvalue weighted by atomic mass is 16.5. The van der Waals surface area contributed by atoms with Crippen LogP contribution in [0.1, 0.15) is 19.8 Å². The standard InChI is InChI=1S/C9H13NO2/c1-3-7(2)10-9(11)8-5-4-6-12-8/h1,7-8H,4-6H2,2H3,(H,10,11)/t7?,8-/m0/s1. The second-order valence-electron chi connectivity index (χ2n) is 2.90. The maximum Gasteiger partial charge on any atom is 0.250 e. The number of ether oxygens (including phenoxy) is 1. The predicted octanol–water partition coefficient (Wildman–Crippen LogP) is 0.303. The van der Waals surface area contributed by atoms with Gasteiger partial charge in [-0.3, -0.25) is 4.79 Å². The summed E-state index contributed by atoms with van der Waals surface area (Å²) in [7, 11) is 0. The van der Waals surface area contributed by atoms with E-state index in [4.69, 9.17) is 11.2 Å². The molecule has 0 radical (unpaired) electrons. The van der Waals surface area contributed by atoms with Crippen molar-refractivity contribution in [2.24, 2.45) is 0 Å². The molecule has 3 heteroatoms. The fraction of sp³-hybridized carbons (Fsp3) is 0.667. The van der Waals surface area contributed by atoms with Crippen molar-refractivity contribution in [1.29, 1.82) is 0 Å². The van der Waals surface area contributed by atoms with Gasteiger partial charge in [0.25, 0.3) is 0 Å². The van der Waals surface area contributed by atoms with Gasteiger partial charge in [0.2, 0.25) is 5.91 Å². The quantitative estimate of drug-likeness (QED) is 0.601. The van der Waals surface area contributed by atoms with Crippen molar-refractivity contribution < 1.29 is 9.53 Å². The molecule has 0 aromatic heterocycles. The summed E-state index contributed by atoms with van der Waals surface area (Å²) in [5.41, 5.74) is 0. The molecule has 1 unspecified atom stereocenters. The Morgan fingerprint density at radius 2 is 2.58 bits per heavy atom. The molecule has 66 valence electrons. The number of terminal acetylenes is 1. The molecule has 0 aromatic carbocycles. The van der Waals surface area contributed by atoms with Gasteiger partial charge in [-0.25, -0.2) is 0 Å². The number of nitrogens with one attached hydrogen (secondary N) is 1. The van der Waals surface area contributed by atoms with E-state index in [9.17, 15) is 4.79 Å². The van der Waals surface area contributed by atoms with Crippen LogP contribution in [-0.2, 0) is 9.53 Å². The first-order valence-electron chi connectivity index (χ1n) is 4.12.